The molecule has 6 heteroatoms. The predicted molar refractivity (Wildman–Crippen MR) is 353 cm³/mol. The molecule has 0 rings (SSSR count). The van der Waals surface area contributed by atoms with E-state index in [1.807, 2.05) is 0 Å². The molecule has 6 nitrogen and oxygen atoms in total. The molecule has 476 valence electrons. The first kappa shape index (κ1) is 78.6. The average molecular weight is 1140 g/mol. The van der Waals surface area contributed by atoms with Gasteiger partial charge in [0.25, 0.3) is 0 Å². The molecule has 0 N–H and O–H groups in total. The Bertz CT molecular complexity index is 1350. The molecule has 0 saturated heterocycles. The summed E-state index contributed by atoms with van der Waals surface area (Å²) in [6.45, 7) is 6.66. The molecule has 0 aromatic carbocycles. The minimum Gasteiger partial charge on any atom is -0.462 e. The van der Waals surface area contributed by atoms with Gasteiger partial charge < -0.3 is 14.2 Å². The zero-order chi connectivity index (χ0) is 58.5. The van der Waals surface area contributed by atoms with Gasteiger partial charge in [-0.25, -0.2) is 0 Å². The zero-order valence-electron chi connectivity index (χ0n) is 54.8. The van der Waals surface area contributed by atoms with E-state index in [2.05, 4.69) is 57.2 Å². The maximum atomic E-state index is 12.9. The molecule has 0 fully saturated rings. The summed E-state index contributed by atoms with van der Waals surface area (Å²) >= 11 is 0. The van der Waals surface area contributed by atoms with Gasteiger partial charge in [-0.2, -0.15) is 0 Å². The third kappa shape index (κ3) is 68.3. The summed E-state index contributed by atoms with van der Waals surface area (Å²) in [5, 5.41) is 0. The van der Waals surface area contributed by atoms with Crippen LogP contribution in [0.4, 0.5) is 0 Å². The van der Waals surface area contributed by atoms with Gasteiger partial charge in [0, 0.05) is 19.3 Å². The van der Waals surface area contributed by atoms with Crippen LogP contribution in [-0.2, 0) is 28.6 Å². The van der Waals surface area contributed by atoms with Gasteiger partial charge in [0.15, 0.2) is 6.10 Å². The second-order valence-electron chi connectivity index (χ2n) is 24.9. The van der Waals surface area contributed by atoms with Crippen molar-refractivity contribution in [2.75, 3.05) is 13.2 Å². The Kier molecular flexibility index (Phi) is 68.1. The van der Waals surface area contributed by atoms with Crippen molar-refractivity contribution in [2.45, 2.75) is 412 Å². The number of hydrogen-bond acceptors (Lipinski definition) is 6. The highest BCUT2D eigenvalue weighted by Crippen LogP contribution is 2.19. The van der Waals surface area contributed by atoms with Crippen LogP contribution in [-0.4, -0.2) is 37.2 Å². The van der Waals surface area contributed by atoms with Crippen molar-refractivity contribution >= 4 is 17.9 Å². The number of esters is 3. The molecule has 0 aromatic rings. The zero-order valence-corrected chi connectivity index (χ0v) is 54.8. The summed E-state index contributed by atoms with van der Waals surface area (Å²) in [6.07, 6.45) is 87.9. The number of carbonyl (C=O) groups excluding carboxylic acids is 3. The Balaban J connectivity index is 4.01. The smallest absolute Gasteiger partial charge is 0.306 e. The Morgan fingerprint density at radius 1 is 0.247 bits per heavy atom. The van der Waals surface area contributed by atoms with Gasteiger partial charge in [-0.15, -0.1) is 0 Å². The molecular weight excluding hydrogens is 997 g/mol. The minimum absolute atomic E-state index is 0.0673. The van der Waals surface area contributed by atoms with E-state index in [-0.39, 0.29) is 31.1 Å². The SMILES string of the molecule is CCCCCCC/C=C\C/C=C\C/C=C\CCCCCCCCCCCCCCC(=O)OC(COC(=O)CCCCCCCCC)COC(=O)CCCCCCCCCCCCCCCCCCCCCCCCCCCCCCC. The normalized spacial score (nSPS) is 12.2. The highest BCUT2D eigenvalue weighted by atomic mass is 16.6. The molecule has 0 bridgehead atoms. The highest BCUT2D eigenvalue weighted by molar-refractivity contribution is 5.71. The summed E-state index contributed by atoms with van der Waals surface area (Å²) in [5.41, 5.74) is 0. The molecule has 0 radical (unpaired) electrons. The summed E-state index contributed by atoms with van der Waals surface area (Å²) < 4.78 is 16.9. The van der Waals surface area contributed by atoms with Crippen LogP contribution in [0.25, 0.3) is 0 Å². The van der Waals surface area contributed by atoms with Crippen molar-refractivity contribution in [3.05, 3.63) is 36.5 Å². The first-order valence-corrected chi connectivity index (χ1v) is 36.5. The van der Waals surface area contributed by atoms with Gasteiger partial charge in [-0.3, -0.25) is 14.4 Å². The van der Waals surface area contributed by atoms with Gasteiger partial charge in [0.1, 0.15) is 13.2 Å². The molecule has 0 aliphatic rings. The maximum Gasteiger partial charge on any atom is 0.306 e. The van der Waals surface area contributed by atoms with E-state index in [1.165, 1.54) is 295 Å². The highest BCUT2D eigenvalue weighted by Gasteiger charge is 2.19. The van der Waals surface area contributed by atoms with Gasteiger partial charge >= 0.3 is 17.9 Å². The van der Waals surface area contributed by atoms with Crippen LogP contribution in [0.2, 0.25) is 0 Å². The number of rotatable bonds is 68. The van der Waals surface area contributed by atoms with Crippen molar-refractivity contribution in [3.63, 3.8) is 0 Å². The van der Waals surface area contributed by atoms with Gasteiger partial charge in [-0.1, -0.05) is 365 Å². The predicted octanol–water partition coefficient (Wildman–Crippen LogP) is 25.1. The molecule has 1 atom stereocenters. The molecule has 0 aliphatic heterocycles. The van der Waals surface area contributed by atoms with Crippen LogP contribution >= 0.6 is 0 Å². The topological polar surface area (TPSA) is 78.9 Å². The van der Waals surface area contributed by atoms with E-state index in [1.54, 1.807) is 0 Å². The fraction of sp³-hybridized carbons (Fsp3) is 0.880. The number of carbonyl (C=O) groups is 3. The lowest BCUT2D eigenvalue weighted by molar-refractivity contribution is -0.167. The van der Waals surface area contributed by atoms with Gasteiger partial charge in [0.2, 0.25) is 0 Å². The van der Waals surface area contributed by atoms with Crippen LogP contribution in [0.15, 0.2) is 36.5 Å². The number of allylic oxidation sites excluding steroid dienone is 6. The second-order valence-corrected chi connectivity index (χ2v) is 24.9. The van der Waals surface area contributed by atoms with Crippen LogP contribution < -0.4 is 0 Å². The molecule has 0 heterocycles. The summed E-state index contributed by atoms with van der Waals surface area (Å²) in [6, 6.07) is 0. The van der Waals surface area contributed by atoms with Crippen LogP contribution in [0.5, 0.6) is 0 Å². The van der Waals surface area contributed by atoms with Gasteiger partial charge in [0.05, 0.1) is 0 Å². The third-order valence-corrected chi connectivity index (χ3v) is 16.6. The number of hydrogen-bond donors (Lipinski definition) is 0. The molecule has 0 spiro atoms. The lowest BCUT2D eigenvalue weighted by Gasteiger charge is -2.18. The lowest BCUT2D eigenvalue weighted by Crippen LogP contribution is -2.30. The number of unbranched alkanes of at least 4 members (excludes halogenated alkanes) is 51. The first-order chi connectivity index (χ1) is 40.0. The Labute approximate surface area is 506 Å². The van der Waals surface area contributed by atoms with Crippen LogP contribution in [0.3, 0.4) is 0 Å². The first-order valence-electron chi connectivity index (χ1n) is 36.5. The molecule has 0 saturated carbocycles. The molecule has 0 amide bonds. The largest absolute Gasteiger partial charge is 0.462 e. The van der Waals surface area contributed by atoms with Crippen molar-refractivity contribution in [3.8, 4) is 0 Å². The molecule has 0 aliphatic carbocycles. The van der Waals surface area contributed by atoms with E-state index in [0.29, 0.717) is 19.3 Å². The van der Waals surface area contributed by atoms with Crippen molar-refractivity contribution < 1.29 is 28.6 Å². The molecule has 1 unspecified atom stereocenters. The fourth-order valence-corrected chi connectivity index (χ4v) is 11.2. The van der Waals surface area contributed by atoms with E-state index in [0.717, 1.165) is 70.6 Å². The fourth-order valence-electron chi connectivity index (χ4n) is 11.2. The second kappa shape index (κ2) is 70.1. The van der Waals surface area contributed by atoms with E-state index in [4.69, 9.17) is 14.2 Å². The quantitative estimate of drug-likeness (QED) is 0.0261. The molecule has 81 heavy (non-hydrogen) atoms. The lowest BCUT2D eigenvalue weighted by atomic mass is 10.0. The van der Waals surface area contributed by atoms with Crippen molar-refractivity contribution in [1.29, 1.82) is 0 Å². The monoisotopic (exact) mass is 1140 g/mol. The molecule has 0 aromatic heterocycles. The van der Waals surface area contributed by atoms with Crippen LogP contribution in [0, 0.1) is 0 Å². The van der Waals surface area contributed by atoms with E-state index < -0.39 is 6.10 Å². The van der Waals surface area contributed by atoms with Crippen molar-refractivity contribution in [2.24, 2.45) is 0 Å². The summed E-state index contributed by atoms with van der Waals surface area (Å²) in [7, 11) is 0. The Morgan fingerprint density at radius 2 is 0.444 bits per heavy atom. The standard InChI is InChI=1S/C75H140O6/c1-4-7-10-13-16-18-20-22-24-26-28-30-32-34-36-37-39-40-42-44-46-48-50-52-54-56-59-62-65-68-74(77)80-71-72(70-79-73(76)67-64-61-58-15-12-9-6-3)81-75(78)69-66-63-60-57-55-53-51-49-47-45-43-41-38-35-33-31-29-27-25-23-21-19-17-14-11-8-5-2/h21,23,27,29,33,35,72H,4-20,22,24-26,28,30-32,34,36-71H2,1-3H3/b23-21-,29-27-,35-33-. The maximum absolute atomic E-state index is 12.9. The van der Waals surface area contributed by atoms with Crippen molar-refractivity contribution in [1.82, 2.24) is 0 Å². The Hall–Kier alpha value is -2.37. The van der Waals surface area contributed by atoms with E-state index in [9.17, 15) is 14.4 Å². The van der Waals surface area contributed by atoms with Gasteiger partial charge in [-0.05, 0) is 57.8 Å². The summed E-state index contributed by atoms with van der Waals surface area (Å²) in [5.74, 6) is -0.849. The summed E-state index contributed by atoms with van der Waals surface area (Å²) in [4.78, 5) is 38.2. The minimum atomic E-state index is -0.769. The number of ether oxygens (including phenoxy) is 3. The Morgan fingerprint density at radius 3 is 0.691 bits per heavy atom. The van der Waals surface area contributed by atoms with E-state index >= 15 is 0 Å². The third-order valence-electron chi connectivity index (χ3n) is 16.6. The van der Waals surface area contributed by atoms with Crippen LogP contribution in [0.1, 0.15) is 406 Å². The molecular formula is C75H140O6. The average Bonchev–Trinajstić information content (AvgIpc) is 3.46.